The van der Waals surface area contributed by atoms with Gasteiger partial charge < -0.3 is 20.1 Å². The van der Waals surface area contributed by atoms with Gasteiger partial charge in [0, 0.05) is 31.7 Å². The fourth-order valence-electron chi connectivity index (χ4n) is 4.42. The minimum absolute atomic E-state index is 0. The lowest BCUT2D eigenvalue weighted by Crippen LogP contribution is -2.65. The Kier molecular flexibility index (Phi) is 8.01. The molecule has 2 aliphatic carbocycles. The highest BCUT2D eigenvalue weighted by molar-refractivity contribution is 14.0. The second-order valence-electron chi connectivity index (χ2n) is 7.09. The van der Waals surface area contributed by atoms with Crippen LogP contribution in [-0.2, 0) is 11.3 Å². The first-order valence-corrected chi connectivity index (χ1v) is 9.43. The molecule has 0 bridgehead atoms. The van der Waals surface area contributed by atoms with Crippen LogP contribution in [-0.4, -0.2) is 38.9 Å². The van der Waals surface area contributed by atoms with E-state index < -0.39 is 0 Å². The molecule has 2 atom stereocenters. The summed E-state index contributed by atoms with van der Waals surface area (Å²) < 4.78 is 11.3. The summed E-state index contributed by atoms with van der Waals surface area (Å²) in [5.74, 6) is 1.75. The molecule has 0 radical (unpaired) electrons. The van der Waals surface area contributed by atoms with E-state index in [-0.39, 0.29) is 24.0 Å². The van der Waals surface area contributed by atoms with Gasteiger partial charge in [-0.2, -0.15) is 0 Å². The van der Waals surface area contributed by atoms with Crippen LogP contribution in [0.1, 0.15) is 44.6 Å². The average Bonchev–Trinajstić information content (AvgIpc) is 3.16. The standard InChI is InChI=1S/C20H31N3O2.HI/c1-4-25-18-13-17(20(18)10-5-6-11-20)23-19(21-2)22-14-15-8-7-9-16(12-15)24-3;/h7-9,12,17-18H,4-6,10-11,13-14H2,1-3H3,(H2,21,22,23);1H. The molecule has 5 nitrogen and oxygen atoms in total. The van der Waals surface area contributed by atoms with Crippen LogP contribution in [0.5, 0.6) is 5.75 Å². The van der Waals surface area contributed by atoms with E-state index in [0.717, 1.165) is 31.3 Å². The summed E-state index contributed by atoms with van der Waals surface area (Å²) in [5, 5.41) is 7.08. The van der Waals surface area contributed by atoms with Gasteiger partial charge in [0.15, 0.2) is 5.96 Å². The van der Waals surface area contributed by atoms with Crippen LogP contribution in [0.25, 0.3) is 0 Å². The summed E-state index contributed by atoms with van der Waals surface area (Å²) in [6.45, 7) is 3.63. The van der Waals surface area contributed by atoms with Crippen molar-refractivity contribution >= 4 is 29.9 Å². The molecule has 2 aliphatic rings. The SMILES string of the molecule is CCOC1CC(NC(=NC)NCc2cccc(OC)c2)C12CCCC2.I. The number of hydrogen-bond donors (Lipinski definition) is 2. The van der Waals surface area contributed by atoms with Gasteiger partial charge in [-0.1, -0.05) is 25.0 Å². The molecule has 0 amide bonds. The van der Waals surface area contributed by atoms with Crippen molar-refractivity contribution in [1.29, 1.82) is 0 Å². The Hall–Kier alpha value is -1.02. The number of methoxy groups -OCH3 is 1. The van der Waals surface area contributed by atoms with E-state index in [1.54, 1.807) is 7.11 Å². The molecule has 2 N–H and O–H groups in total. The Morgan fingerprint density at radius 2 is 2.08 bits per heavy atom. The number of nitrogens with zero attached hydrogens (tertiary/aromatic N) is 1. The van der Waals surface area contributed by atoms with E-state index >= 15 is 0 Å². The average molecular weight is 473 g/mol. The molecule has 0 heterocycles. The number of halogens is 1. The number of nitrogens with one attached hydrogen (secondary N) is 2. The van der Waals surface area contributed by atoms with Crippen LogP contribution < -0.4 is 15.4 Å². The van der Waals surface area contributed by atoms with Crippen molar-refractivity contribution in [3.05, 3.63) is 29.8 Å². The lowest BCUT2D eigenvalue weighted by atomic mass is 9.60. The molecule has 2 saturated carbocycles. The summed E-state index contributed by atoms with van der Waals surface area (Å²) in [5.41, 5.74) is 1.49. The number of hydrogen-bond acceptors (Lipinski definition) is 3. The summed E-state index contributed by atoms with van der Waals surface area (Å²) in [6.07, 6.45) is 6.65. The van der Waals surface area contributed by atoms with Crippen LogP contribution >= 0.6 is 24.0 Å². The predicted molar refractivity (Wildman–Crippen MR) is 116 cm³/mol. The molecule has 1 aromatic carbocycles. The summed E-state index contributed by atoms with van der Waals surface area (Å²) in [6, 6.07) is 8.58. The normalized spacial score (nSPS) is 23.9. The molecular weight excluding hydrogens is 441 g/mol. The maximum Gasteiger partial charge on any atom is 0.191 e. The van der Waals surface area contributed by atoms with Gasteiger partial charge in [-0.25, -0.2) is 0 Å². The molecule has 2 fully saturated rings. The lowest BCUT2D eigenvalue weighted by molar-refractivity contribution is -0.125. The molecule has 1 spiro atoms. The van der Waals surface area contributed by atoms with Gasteiger partial charge in [0.1, 0.15) is 5.75 Å². The maximum atomic E-state index is 6.00. The molecule has 146 valence electrons. The van der Waals surface area contributed by atoms with E-state index in [2.05, 4.69) is 28.6 Å². The Morgan fingerprint density at radius 3 is 2.73 bits per heavy atom. The van der Waals surface area contributed by atoms with Gasteiger partial charge in [-0.15, -0.1) is 24.0 Å². The quantitative estimate of drug-likeness (QED) is 0.376. The van der Waals surface area contributed by atoms with Crippen molar-refractivity contribution < 1.29 is 9.47 Å². The second-order valence-corrected chi connectivity index (χ2v) is 7.09. The van der Waals surface area contributed by atoms with Crippen LogP contribution in [0.15, 0.2) is 29.3 Å². The summed E-state index contributed by atoms with van der Waals surface area (Å²) in [4.78, 5) is 4.42. The van der Waals surface area contributed by atoms with Crippen molar-refractivity contribution in [2.45, 2.75) is 57.7 Å². The summed E-state index contributed by atoms with van der Waals surface area (Å²) in [7, 11) is 3.53. The number of benzene rings is 1. The van der Waals surface area contributed by atoms with Gasteiger partial charge in [-0.05, 0) is 43.9 Å². The van der Waals surface area contributed by atoms with E-state index in [4.69, 9.17) is 9.47 Å². The fourth-order valence-corrected chi connectivity index (χ4v) is 4.42. The Bertz CT molecular complexity index is 602. The van der Waals surface area contributed by atoms with Crippen LogP contribution in [0.4, 0.5) is 0 Å². The minimum Gasteiger partial charge on any atom is -0.497 e. The first-order chi connectivity index (χ1) is 12.2. The first kappa shape index (κ1) is 21.3. The van der Waals surface area contributed by atoms with Crippen molar-refractivity contribution in [3.8, 4) is 5.75 Å². The second kappa shape index (κ2) is 9.78. The highest BCUT2D eigenvalue weighted by Gasteiger charge is 2.56. The van der Waals surface area contributed by atoms with Gasteiger partial charge >= 0.3 is 0 Å². The fraction of sp³-hybridized carbons (Fsp3) is 0.650. The molecule has 3 rings (SSSR count). The van der Waals surface area contributed by atoms with Crippen LogP contribution in [0.2, 0.25) is 0 Å². The molecule has 2 unspecified atom stereocenters. The Morgan fingerprint density at radius 1 is 1.31 bits per heavy atom. The maximum absolute atomic E-state index is 6.00. The smallest absolute Gasteiger partial charge is 0.191 e. The van der Waals surface area contributed by atoms with Gasteiger partial charge in [0.25, 0.3) is 0 Å². The molecule has 0 saturated heterocycles. The van der Waals surface area contributed by atoms with E-state index in [1.807, 2.05) is 25.2 Å². The Labute approximate surface area is 174 Å². The number of guanidine groups is 1. The van der Waals surface area contributed by atoms with E-state index in [9.17, 15) is 0 Å². The van der Waals surface area contributed by atoms with E-state index in [0.29, 0.717) is 17.6 Å². The first-order valence-electron chi connectivity index (χ1n) is 9.43. The van der Waals surface area contributed by atoms with Crippen molar-refractivity contribution in [2.24, 2.45) is 10.4 Å². The number of ether oxygens (including phenoxy) is 2. The molecule has 0 aromatic heterocycles. The number of rotatable bonds is 6. The largest absolute Gasteiger partial charge is 0.497 e. The van der Waals surface area contributed by atoms with Crippen LogP contribution in [0.3, 0.4) is 0 Å². The predicted octanol–water partition coefficient (Wildman–Crippen LogP) is 3.72. The zero-order valence-electron chi connectivity index (χ0n) is 16.1. The van der Waals surface area contributed by atoms with Gasteiger partial charge in [-0.3, -0.25) is 4.99 Å². The molecule has 26 heavy (non-hydrogen) atoms. The monoisotopic (exact) mass is 473 g/mol. The minimum atomic E-state index is 0. The van der Waals surface area contributed by atoms with Crippen LogP contribution in [0, 0.1) is 5.41 Å². The van der Waals surface area contributed by atoms with Gasteiger partial charge in [0.05, 0.1) is 13.2 Å². The van der Waals surface area contributed by atoms with Gasteiger partial charge in [0.2, 0.25) is 0 Å². The molecule has 1 aromatic rings. The van der Waals surface area contributed by atoms with Crippen molar-refractivity contribution in [1.82, 2.24) is 10.6 Å². The zero-order valence-corrected chi connectivity index (χ0v) is 18.4. The third-order valence-electron chi connectivity index (χ3n) is 5.82. The van der Waals surface area contributed by atoms with Crippen molar-refractivity contribution in [3.63, 3.8) is 0 Å². The van der Waals surface area contributed by atoms with E-state index in [1.165, 1.54) is 31.2 Å². The Balaban J connectivity index is 0.00000243. The molecule has 6 heteroatoms. The summed E-state index contributed by atoms with van der Waals surface area (Å²) >= 11 is 0. The highest BCUT2D eigenvalue weighted by Crippen LogP contribution is 2.54. The van der Waals surface area contributed by atoms with Crippen molar-refractivity contribution in [2.75, 3.05) is 20.8 Å². The molecular formula is C20H32IN3O2. The number of aliphatic imine (C=N–C) groups is 1. The third-order valence-corrected chi connectivity index (χ3v) is 5.82. The topological polar surface area (TPSA) is 54.9 Å². The highest BCUT2D eigenvalue weighted by atomic mass is 127. The third kappa shape index (κ3) is 4.44. The molecule has 0 aliphatic heterocycles. The zero-order chi connectivity index (χ0) is 17.7. The lowest BCUT2D eigenvalue weighted by Gasteiger charge is -2.54.